The average Bonchev–Trinajstić information content (AvgIpc) is 2.49. The molecule has 2 aromatic rings. The van der Waals surface area contributed by atoms with E-state index in [4.69, 9.17) is 15.9 Å². The molecule has 20 heavy (non-hydrogen) atoms. The van der Waals surface area contributed by atoms with Gasteiger partial charge in [0.2, 0.25) is 0 Å². The molecule has 2 rings (SSSR count). The van der Waals surface area contributed by atoms with E-state index in [1.165, 1.54) is 0 Å². The second-order valence-electron chi connectivity index (χ2n) is 4.28. The predicted octanol–water partition coefficient (Wildman–Crippen LogP) is 1.82. The molecule has 0 amide bonds. The van der Waals surface area contributed by atoms with Crippen molar-refractivity contribution in [3.05, 3.63) is 71.8 Å². The van der Waals surface area contributed by atoms with Crippen molar-refractivity contribution < 1.29 is 15.0 Å². The third-order valence-corrected chi connectivity index (χ3v) is 2.64. The van der Waals surface area contributed by atoms with Crippen LogP contribution >= 0.6 is 0 Å². The highest BCUT2D eigenvalue weighted by Crippen LogP contribution is 2.01. The van der Waals surface area contributed by atoms with Crippen molar-refractivity contribution >= 4 is 5.97 Å². The van der Waals surface area contributed by atoms with Crippen LogP contribution in [0.25, 0.3) is 0 Å². The van der Waals surface area contributed by atoms with Gasteiger partial charge in [-0.15, -0.1) is 0 Å². The van der Waals surface area contributed by atoms with Gasteiger partial charge in [0.05, 0.1) is 6.61 Å². The van der Waals surface area contributed by atoms with E-state index < -0.39 is 12.0 Å². The zero-order valence-electron chi connectivity index (χ0n) is 11.1. The molecule has 1 atom stereocenters. The maximum absolute atomic E-state index is 10.4. The number of carboxylic acid groups (broad SMARTS) is 1. The van der Waals surface area contributed by atoms with Crippen molar-refractivity contribution in [3.63, 3.8) is 0 Å². The number of carboxylic acids is 1. The fourth-order valence-corrected chi connectivity index (χ4v) is 1.54. The number of aliphatic carboxylic acids is 1. The highest BCUT2D eigenvalue weighted by molar-refractivity contribution is 5.73. The minimum atomic E-state index is -0.959. The second-order valence-corrected chi connectivity index (χ2v) is 4.28. The largest absolute Gasteiger partial charge is 0.480 e. The van der Waals surface area contributed by atoms with Gasteiger partial charge in [-0.3, -0.25) is 4.79 Å². The van der Waals surface area contributed by atoms with Crippen LogP contribution in [-0.2, 0) is 17.8 Å². The Hall–Kier alpha value is -2.17. The molecular formula is C16H19NO3. The van der Waals surface area contributed by atoms with Crippen molar-refractivity contribution in [2.24, 2.45) is 5.73 Å². The number of rotatable bonds is 4. The fourth-order valence-electron chi connectivity index (χ4n) is 1.54. The topological polar surface area (TPSA) is 83.6 Å². The first-order valence-electron chi connectivity index (χ1n) is 6.30. The third-order valence-electron chi connectivity index (χ3n) is 2.64. The number of hydrogen-bond donors (Lipinski definition) is 3. The number of carbonyl (C=O) groups is 1. The average molecular weight is 273 g/mol. The summed E-state index contributed by atoms with van der Waals surface area (Å²) in [5.74, 6) is -0.959. The van der Waals surface area contributed by atoms with Gasteiger partial charge in [0.25, 0.3) is 0 Å². The first kappa shape index (κ1) is 15.9. The Bertz CT molecular complexity index is 500. The van der Waals surface area contributed by atoms with Crippen molar-refractivity contribution in [2.75, 3.05) is 0 Å². The molecule has 0 unspecified atom stereocenters. The highest BCUT2D eigenvalue weighted by atomic mass is 16.4. The summed E-state index contributed by atoms with van der Waals surface area (Å²) in [7, 11) is 0. The van der Waals surface area contributed by atoms with Crippen LogP contribution in [0.5, 0.6) is 0 Å². The molecule has 0 saturated carbocycles. The molecule has 4 heteroatoms. The molecule has 4 nitrogen and oxygen atoms in total. The number of aliphatic hydroxyl groups excluding tert-OH is 1. The van der Waals surface area contributed by atoms with Crippen molar-refractivity contribution in [3.8, 4) is 0 Å². The zero-order chi connectivity index (χ0) is 14.8. The Morgan fingerprint density at radius 3 is 1.75 bits per heavy atom. The van der Waals surface area contributed by atoms with E-state index in [2.05, 4.69) is 0 Å². The van der Waals surface area contributed by atoms with Crippen LogP contribution in [0.1, 0.15) is 11.1 Å². The van der Waals surface area contributed by atoms with Crippen LogP contribution in [0.4, 0.5) is 0 Å². The van der Waals surface area contributed by atoms with Crippen molar-refractivity contribution in [2.45, 2.75) is 19.1 Å². The zero-order valence-corrected chi connectivity index (χ0v) is 11.1. The number of aliphatic hydroxyl groups is 1. The molecular weight excluding hydrogens is 254 g/mol. The number of hydrogen-bond acceptors (Lipinski definition) is 3. The van der Waals surface area contributed by atoms with Crippen LogP contribution in [0.15, 0.2) is 60.7 Å². The predicted molar refractivity (Wildman–Crippen MR) is 78.1 cm³/mol. The van der Waals surface area contributed by atoms with Crippen LogP contribution in [0.2, 0.25) is 0 Å². The van der Waals surface area contributed by atoms with Crippen LogP contribution < -0.4 is 5.73 Å². The molecule has 0 aliphatic heterocycles. The van der Waals surface area contributed by atoms with Crippen molar-refractivity contribution in [1.29, 1.82) is 0 Å². The lowest BCUT2D eigenvalue weighted by molar-refractivity contribution is -0.138. The van der Waals surface area contributed by atoms with E-state index in [1.54, 1.807) is 0 Å². The quantitative estimate of drug-likeness (QED) is 0.793. The number of benzene rings is 2. The second kappa shape index (κ2) is 8.85. The summed E-state index contributed by atoms with van der Waals surface area (Å²) in [5.41, 5.74) is 7.27. The molecule has 0 bridgehead atoms. The lowest BCUT2D eigenvalue weighted by atomic mass is 10.1. The Morgan fingerprint density at radius 1 is 0.950 bits per heavy atom. The summed E-state index contributed by atoms with van der Waals surface area (Å²) in [4.78, 5) is 10.4. The Kier molecular flexibility index (Phi) is 7.03. The summed E-state index contributed by atoms with van der Waals surface area (Å²) in [5, 5.41) is 17.1. The standard InChI is InChI=1S/C9H11NO2.C7H8O/c10-8(9(11)12)6-7-4-2-1-3-5-7;8-6-7-4-2-1-3-5-7/h1-5,8H,6,10H2,(H,11,12);1-5,8H,6H2/t8-;/m0./s1. The molecule has 0 aliphatic rings. The molecule has 2 aromatic carbocycles. The molecule has 0 aliphatic carbocycles. The molecule has 0 spiro atoms. The van der Waals surface area contributed by atoms with Gasteiger partial charge in [-0.05, 0) is 17.5 Å². The lowest BCUT2D eigenvalue weighted by Gasteiger charge is -2.04. The normalized spacial score (nSPS) is 11.1. The SMILES string of the molecule is N[C@@H](Cc1ccccc1)C(=O)O.OCc1ccccc1. The monoisotopic (exact) mass is 273 g/mol. The first-order chi connectivity index (χ1) is 9.63. The molecule has 0 radical (unpaired) electrons. The van der Waals surface area contributed by atoms with E-state index in [0.717, 1.165) is 11.1 Å². The minimum Gasteiger partial charge on any atom is -0.480 e. The summed E-state index contributed by atoms with van der Waals surface area (Å²) in [6.45, 7) is 0.140. The Morgan fingerprint density at radius 2 is 1.40 bits per heavy atom. The summed E-state index contributed by atoms with van der Waals surface area (Å²) in [6.07, 6.45) is 0.385. The van der Waals surface area contributed by atoms with Crippen LogP contribution in [-0.4, -0.2) is 22.2 Å². The van der Waals surface area contributed by atoms with Crippen LogP contribution in [0.3, 0.4) is 0 Å². The van der Waals surface area contributed by atoms with Gasteiger partial charge in [0.1, 0.15) is 6.04 Å². The van der Waals surface area contributed by atoms with Gasteiger partial charge in [-0.1, -0.05) is 60.7 Å². The molecule has 4 N–H and O–H groups in total. The lowest BCUT2D eigenvalue weighted by Crippen LogP contribution is -2.32. The van der Waals surface area contributed by atoms with Gasteiger partial charge < -0.3 is 15.9 Å². The van der Waals surface area contributed by atoms with Gasteiger partial charge in [0, 0.05) is 0 Å². The van der Waals surface area contributed by atoms with Gasteiger partial charge in [0.15, 0.2) is 0 Å². The maximum Gasteiger partial charge on any atom is 0.320 e. The van der Waals surface area contributed by atoms with E-state index in [9.17, 15) is 4.79 Å². The van der Waals surface area contributed by atoms with E-state index >= 15 is 0 Å². The highest BCUT2D eigenvalue weighted by Gasteiger charge is 2.10. The van der Waals surface area contributed by atoms with Crippen LogP contribution in [0, 0.1) is 0 Å². The molecule has 0 aromatic heterocycles. The molecule has 0 saturated heterocycles. The third kappa shape index (κ3) is 6.13. The summed E-state index contributed by atoms with van der Waals surface area (Å²) < 4.78 is 0. The van der Waals surface area contributed by atoms with Gasteiger partial charge in [-0.2, -0.15) is 0 Å². The molecule has 0 heterocycles. The van der Waals surface area contributed by atoms with Gasteiger partial charge >= 0.3 is 5.97 Å². The number of nitrogens with two attached hydrogens (primary N) is 1. The maximum atomic E-state index is 10.4. The molecule has 0 fully saturated rings. The molecule has 106 valence electrons. The van der Waals surface area contributed by atoms with E-state index in [1.807, 2.05) is 60.7 Å². The van der Waals surface area contributed by atoms with Crippen molar-refractivity contribution in [1.82, 2.24) is 0 Å². The summed E-state index contributed by atoms with van der Waals surface area (Å²) >= 11 is 0. The fraction of sp³-hybridized carbons (Fsp3) is 0.188. The smallest absolute Gasteiger partial charge is 0.320 e. The first-order valence-corrected chi connectivity index (χ1v) is 6.30. The summed E-state index contributed by atoms with van der Waals surface area (Å²) in [6, 6.07) is 18.1. The Balaban J connectivity index is 0.000000217. The Labute approximate surface area is 118 Å². The van der Waals surface area contributed by atoms with E-state index in [-0.39, 0.29) is 6.61 Å². The minimum absolute atomic E-state index is 0.140. The van der Waals surface area contributed by atoms with Gasteiger partial charge in [-0.25, -0.2) is 0 Å². The van der Waals surface area contributed by atoms with E-state index in [0.29, 0.717) is 6.42 Å².